The number of nitrogens with one attached hydrogen (secondary N) is 12. The molecule has 4 aliphatic rings. The van der Waals surface area contributed by atoms with E-state index in [1.54, 1.807) is 82.3 Å². The first-order chi connectivity index (χ1) is 50.0. The minimum absolute atomic E-state index is 0.0394. The monoisotopic (exact) mass is 1460 g/mol. The highest BCUT2D eigenvalue weighted by Gasteiger charge is 2.43. The third-order valence-electron chi connectivity index (χ3n) is 18.7. The predicted molar refractivity (Wildman–Crippen MR) is 374 cm³/mol. The third-order valence-corrected chi connectivity index (χ3v) is 18.7. The summed E-state index contributed by atoms with van der Waals surface area (Å²) in [5.41, 5.74) is 8.18. The first kappa shape index (κ1) is 79.7. The molecule has 4 aliphatic heterocycles. The maximum absolute atomic E-state index is 15.3. The normalized spacial score (nSPS) is 25.8. The van der Waals surface area contributed by atoms with Crippen molar-refractivity contribution in [3.05, 3.63) is 102 Å². The molecule has 0 aliphatic carbocycles. The topological polar surface area (TPSA) is 492 Å². The first-order valence-electron chi connectivity index (χ1n) is 35.3. The summed E-state index contributed by atoms with van der Waals surface area (Å²) in [6.07, 6.45) is -4.69. The van der Waals surface area contributed by atoms with Crippen LogP contribution in [-0.4, -0.2) is 207 Å². The van der Waals surface area contributed by atoms with Gasteiger partial charge in [0.25, 0.3) is 0 Å². The van der Waals surface area contributed by atoms with E-state index in [0.29, 0.717) is 27.6 Å². The Hall–Kier alpha value is -11.0. The molecule has 4 aromatic rings. The number of amides is 12. The lowest BCUT2D eigenvalue weighted by atomic mass is 10.00. The molecule has 5 heterocycles. The number of esters is 2. The fraction of sp³-hybridized carbons (Fsp3) is 0.514. The number of carbonyl (C=O) groups is 15. The third kappa shape index (κ3) is 22.8. The summed E-state index contributed by atoms with van der Waals surface area (Å²) in [5.74, 6) is -17.4. The molecule has 4 saturated heterocycles. The number of phenolic OH excluding ortho intramolecular Hbond substituents is 1. The molecule has 12 amide bonds. The van der Waals surface area contributed by atoms with Crippen LogP contribution in [0.4, 0.5) is 0 Å². The Balaban J connectivity index is 1.29. The second-order valence-electron chi connectivity index (χ2n) is 27.6. The van der Waals surface area contributed by atoms with E-state index in [1.807, 2.05) is 0 Å². The van der Waals surface area contributed by atoms with Gasteiger partial charge in [0.1, 0.15) is 84.9 Å². The molecule has 13 atom stereocenters. The summed E-state index contributed by atoms with van der Waals surface area (Å²) in [6, 6.07) is 0.485. The van der Waals surface area contributed by atoms with Crippen molar-refractivity contribution in [2.45, 2.75) is 203 Å². The Bertz CT molecular complexity index is 3850. The van der Waals surface area contributed by atoms with Gasteiger partial charge in [0.05, 0.1) is 12.5 Å². The molecule has 105 heavy (non-hydrogen) atoms. The largest absolute Gasteiger partial charge is 0.508 e. The van der Waals surface area contributed by atoms with Crippen molar-refractivity contribution in [1.29, 1.82) is 0 Å². The summed E-state index contributed by atoms with van der Waals surface area (Å²) in [5, 5.41) is 49.7. The van der Waals surface area contributed by atoms with Gasteiger partial charge in [0, 0.05) is 62.3 Å². The van der Waals surface area contributed by atoms with E-state index in [4.69, 9.17) is 15.2 Å². The smallest absolute Gasteiger partial charge is 0.326 e. The van der Waals surface area contributed by atoms with Crippen molar-refractivity contribution >= 4 is 99.7 Å². The number of hydrogen-bond acceptors (Lipinski definition) is 19. The number of benzene rings is 3. The number of carboxylic acid groups (broad SMARTS) is 1. The van der Waals surface area contributed by atoms with E-state index in [1.165, 1.54) is 37.4 Å². The number of aromatic hydroxyl groups is 1. The molecule has 16 N–H and O–H groups in total. The van der Waals surface area contributed by atoms with Gasteiger partial charge in [0.2, 0.25) is 70.9 Å². The quantitative estimate of drug-likeness (QED) is 0.0646. The van der Waals surface area contributed by atoms with Crippen molar-refractivity contribution in [1.82, 2.24) is 68.4 Å². The lowest BCUT2D eigenvalue weighted by Gasteiger charge is -2.31. The van der Waals surface area contributed by atoms with Gasteiger partial charge in [-0.2, -0.15) is 0 Å². The zero-order chi connectivity index (χ0) is 76.2. The number of para-hydroxylation sites is 1. The number of phenols is 1. The van der Waals surface area contributed by atoms with Crippen LogP contribution in [0, 0.1) is 11.8 Å². The number of carboxylic acids is 1. The molecule has 0 spiro atoms. The zero-order valence-electron chi connectivity index (χ0n) is 59.1. The maximum atomic E-state index is 15.3. The molecule has 0 unspecified atom stereocenters. The number of carbonyl (C=O) groups excluding carboxylic acids is 14. The molecule has 4 bridgehead atoms. The van der Waals surface area contributed by atoms with Crippen molar-refractivity contribution < 1.29 is 91.6 Å². The highest BCUT2D eigenvalue weighted by Crippen LogP contribution is 2.24. The van der Waals surface area contributed by atoms with Gasteiger partial charge in [-0.3, -0.25) is 67.1 Å². The summed E-state index contributed by atoms with van der Waals surface area (Å²) in [7, 11) is 0. The number of hydrogen-bond donors (Lipinski definition) is 15. The highest BCUT2D eigenvalue weighted by atomic mass is 16.5. The zero-order valence-corrected chi connectivity index (χ0v) is 59.1. The molecule has 0 radical (unpaired) electrons. The number of nitrogens with zero attached hydrogens (tertiary/aromatic N) is 1. The molecule has 566 valence electrons. The van der Waals surface area contributed by atoms with Gasteiger partial charge in [0.15, 0.2) is 0 Å². The second kappa shape index (κ2) is 37.4. The molecule has 4 fully saturated rings. The van der Waals surface area contributed by atoms with Crippen LogP contribution >= 0.6 is 0 Å². The van der Waals surface area contributed by atoms with Gasteiger partial charge in [-0.05, 0) is 105 Å². The predicted octanol–water partition coefficient (Wildman–Crippen LogP) is -1.39. The van der Waals surface area contributed by atoms with Crippen molar-refractivity contribution in [2.75, 3.05) is 19.7 Å². The number of aromatic nitrogens is 1. The Morgan fingerprint density at radius 1 is 0.619 bits per heavy atom. The average molecular weight is 1460 g/mol. The molecule has 33 nitrogen and oxygen atoms in total. The van der Waals surface area contributed by atoms with Crippen LogP contribution in [0.15, 0.2) is 85.1 Å². The number of aliphatic carboxylic acids is 1. The second-order valence-corrected chi connectivity index (χ2v) is 27.6. The molecular weight excluding hydrogens is 1360 g/mol. The van der Waals surface area contributed by atoms with E-state index in [-0.39, 0.29) is 76.1 Å². The van der Waals surface area contributed by atoms with Crippen molar-refractivity contribution in [3.8, 4) is 5.75 Å². The summed E-state index contributed by atoms with van der Waals surface area (Å²) >= 11 is 0. The van der Waals surface area contributed by atoms with Crippen LogP contribution in [0.5, 0.6) is 5.75 Å². The van der Waals surface area contributed by atoms with E-state index in [2.05, 4.69) is 63.5 Å². The minimum Gasteiger partial charge on any atom is -0.508 e. The summed E-state index contributed by atoms with van der Waals surface area (Å²) in [4.78, 5) is 224. The number of cyclic esters (lactones) is 1. The van der Waals surface area contributed by atoms with Crippen LogP contribution in [0.2, 0.25) is 0 Å². The molecular formula is C72H94N14O19. The Morgan fingerprint density at radius 2 is 1.25 bits per heavy atom. The fourth-order valence-electron chi connectivity index (χ4n) is 12.7. The standard InChI is InChI=1S/C72H94N14O19/c1-37(2)30-49-64(94)76-46-18-11-12-28-74-56(88)26-24-47(63(93)83-53(72(102)103)32-40-14-7-6-8-15-40)77-62(92)48-25-27-57(89)104-36-54(84-68(98)55-19-13-29-86(55)71(101)52(82-61(46)91)31-41-20-22-43(87)23-21-41)67(97)80-51(34-58(90)105-39(5)60(70(100)81-49)85-69(99)59(73)38(3)4)66(96)79-50(65(95)78-48)33-42-35-75-45-17-10-9-16-44(42)45/h6-10,14-17,20-23,35,37-39,46-55,59-60,75,87H,11-13,18-19,24-34,36,73H2,1-5H3,(H,74,88)(H,76,94)(H,77,92)(H,78,95)(H,79,96)(H,80,97)(H,81,100)(H,82,91)(H,83,93)(H,84,98)(H,85,99)(H,102,103)/t39-,46+,47+,48+,49+,50+,51+,52+,53+,54+,55+,59+,60+/m1/s1. The number of aromatic amines is 1. The van der Waals surface area contributed by atoms with Gasteiger partial charge < -0.3 is 93.8 Å². The highest BCUT2D eigenvalue weighted by molar-refractivity contribution is 6.01. The van der Waals surface area contributed by atoms with E-state index < -0.39 is 218 Å². The van der Waals surface area contributed by atoms with Gasteiger partial charge in [-0.25, -0.2) is 4.79 Å². The van der Waals surface area contributed by atoms with E-state index >= 15 is 28.8 Å². The van der Waals surface area contributed by atoms with Crippen LogP contribution in [0.1, 0.15) is 122 Å². The molecule has 3 aromatic carbocycles. The van der Waals surface area contributed by atoms with Crippen LogP contribution in [-0.2, 0) is 101 Å². The lowest BCUT2D eigenvalue weighted by molar-refractivity contribution is -0.154. The average Bonchev–Trinajstić information content (AvgIpc) is 1.74. The van der Waals surface area contributed by atoms with E-state index in [0.717, 1.165) is 4.90 Å². The van der Waals surface area contributed by atoms with Gasteiger partial charge >= 0.3 is 17.9 Å². The first-order valence-corrected chi connectivity index (χ1v) is 35.3. The Labute approximate surface area is 605 Å². The lowest BCUT2D eigenvalue weighted by Crippen LogP contribution is -2.61. The Kier molecular flexibility index (Phi) is 28.4. The number of rotatable bonds is 14. The van der Waals surface area contributed by atoms with Gasteiger partial charge in [-0.1, -0.05) is 88.4 Å². The molecule has 8 rings (SSSR count). The van der Waals surface area contributed by atoms with Crippen molar-refractivity contribution in [3.63, 3.8) is 0 Å². The molecule has 33 heteroatoms. The van der Waals surface area contributed by atoms with Crippen LogP contribution in [0.25, 0.3) is 10.9 Å². The number of ether oxygens (including phenoxy) is 2. The van der Waals surface area contributed by atoms with Crippen LogP contribution in [0.3, 0.4) is 0 Å². The number of nitrogens with two attached hydrogens (primary N) is 1. The maximum Gasteiger partial charge on any atom is 0.326 e. The number of fused-ring (bicyclic) bond motifs is 13. The molecule has 1 aromatic heterocycles. The Morgan fingerprint density at radius 3 is 1.95 bits per heavy atom. The van der Waals surface area contributed by atoms with E-state index in [9.17, 15) is 53.4 Å². The van der Waals surface area contributed by atoms with Gasteiger partial charge in [-0.15, -0.1) is 0 Å². The summed E-state index contributed by atoms with van der Waals surface area (Å²) in [6.45, 7) is 6.65. The minimum atomic E-state index is -2.14. The number of H-pyrrole nitrogens is 1. The molecule has 0 saturated carbocycles. The summed E-state index contributed by atoms with van der Waals surface area (Å²) < 4.78 is 11.5. The fourth-order valence-corrected chi connectivity index (χ4v) is 12.7. The SMILES string of the molecule is CC(C)C[C@@H]1NC(=O)[C@@H](NC(=O)[C@@H](N)C(C)C)[C@@H](C)OC(=O)C[C@@H]2NC(=O)[C@@H]3COC(=O)CC[C@H](NC(=O)[C@H](Cc4c[nH]c5ccccc45)NC2=O)C(=O)N[C@H](C(=O)N[C@@H](Cc2ccccc2)C(=O)O)CCC(=O)NCCCC[C@H](NC1=O)C(=O)N[C@@H](Cc1ccc(O)cc1)C(=O)N1CCC[C@H]1C(=O)N3. The van der Waals surface area contributed by atoms with Crippen LogP contribution < -0.4 is 64.2 Å². The van der Waals surface area contributed by atoms with Crippen molar-refractivity contribution in [2.24, 2.45) is 17.6 Å².